The van der Waals surface area contributed by atoms with Crippen molar-refractivity contribution in [2.75, 3.05) is 72.1 Å². The monoisotopic (exact) mass is 800 g/mol. The Labute approximate surface area is 338 Å². The number of fused-ring (bicyclic) bond motifs is 1. The number of aryl methyl sites for hydroxylation is 2. The van der Waals surface area contributed by atoms with Crippen LogP contribution in [-0.4, -0.2) is 96.4 Å². The van der Waals surface area contributed by atoms with Crippen molar-refractivity contribution >= 4 is 11.0 Å². The number of hydrogen-bond acceptors (Lipinski definition) is 7. The quantitative estimate of drug-likeness (QED) is 0.0463. The zero-order chi connectivity index (χ0) is 41.4. The molecule has 8 nitrogen and oxygen atoms in total. The van der Waals surface area contributed by atoms with E-state index in [1.807, 2.05) is 18.2 Å². The van der Waals surface area contributed by atoms with Gasteiger partial charge >= 0.3 is 6.18 Å². The van der Waals surface area contributed by atoms with Gasteiger partial charge in [-0.2, -0.15) is 13.2 Å². The smallest absolute Gasteiger partial charge is 0.419 e. The zero-order valence-electron chi connectivity index (χ0n) is 35.3. The average Bonchev–Trinajstić information content (AvgIpc) is 3.57. The lowest BCUT2D eigenvalue weighted by atomic mass is 10.0. The molecule has 1 heterocycles. The highest BCUT2D eigenvalue weighted by molar-refractivity contribution is 5.88. The summed E-state index contributed by atoms with van der Waals surface area (Å²) < 4.78 is 76.0. The van der Waals surface area contributed by atoms with Gasteiger partial charge in [0, 0.05) is 37.3 Å². The molecule has 316 valence electrons. The van der Waals surface area contributed by atoms with Crippen LogP contribution in [0.2, 0.25) is 0 Å². The summed E-state index contributed by atoms with van der Waals surface area (Å²) in [6.45, 7) is 25.6. The van der Waals surface area contributed by atoms with E-state index in [-0.39, 0.29) is 5.75 Å². The van der Waals surface area contributed by atoms with E-state index in [4.69, 9.17) is 19.2 Å². The van der Waals surface area contributed by atoms with E-state index in [1.165, 1.54) is 6.07 Å². The van der Waals surface area contributed by atoms with Crippen molar-refractivity contribution in [1.29, 1.82) is 0 Å². The van der Waals surface area contributed by atoms with Crippen LogP contribution in [-0.2, 0) is 19.1 Å². The first-order valence-electron chi connectivity index (χ1n) is 21.1. The van der Waals surface area contributed by atoms with Gasteiger partial charge in [-0.05, 0) is 120 Å². The molecule has 0 aliphatic carbocycles. The van der Waals surface area contributed by atoms with Crippen LogP contribution in [0.1, 0.15) is 91.7 Å². The second kappa shape index (κ2) is 22.9. The molecular formula is C45H65F4N5O3. The molecule has 4 rings (SSSR count). The Hall–Kier alpha value is -3.87. The maximum atomic E-state index is 14.1. The molecule has 0 unspecified atom stereocenters. The number of hydrogen-bond donors (Lipinski definition) is 0. The summed E-state index contributed by atoms with van der Waals surface area (Å²) in [7, 11) is 0. The highest BCUT2D eigenvalue weighted by Crippen LogP contribution is 2.39. The van der Waals surface area contributed by atoms with Gasteiger partial charge in [-0.1, -0.05) is 54.9 Å². The van der Waals surface area contributed by atoms with Gasteiger partial charge < -0.3 is 33.5 Å². The van der Waals surface area contributed by atoms with E-state index in [1.54, 1.807) is 6.07 Å². The Morgan fingerprint density at radius 1 is 0.649 bits per heavy atom. The van der Waals surface area contributed by atoms with Crippen molar-refractivity contribution in [2.24, 2.45) is 0 Å². The molecule has 0 aliphatic heterocycles. The molecule has 0 radical (unpaired) electrons. The summed E-state index contributed by atoms with van der Waals surface area (Å²) >= 11 is 0. The highest BCUT2D eigenvalue weighted by Gasteiger charge is 2.34. The molecule has 12 heteroatoms. The second-order valence-corrected chi connectivity index (χ2v) is 14.4. The number of benzene rings is 3. The summed E-state index contributed by atoms with van der Waals surface area (Å²) in [4.78, 5) is 12.4. The number of alkyl halides is 3. The predicted octanol–water partition coefficient (Wildman–Crippen LogP) is 10.9. The minimum absolute atomic E-state index is 0.0897. The SMILES string of the molecule is CCCCn1c(-c2ccc(Oc3ccc(F)c(C(F)(F)F)c3)cc2CCCN(CC)CC)nc2c(OCCCN(CC)CC)cc(OCCCN(CC)CC)cc21. The van der Waals surface area contributed by atoms with Crippen molar-refractivity contribution in [3.05, 3.63) is 65.5 Å². The number of ether oxygens (including phenoxy) is 3. The van der Waals surface area contributed by atoms with E-state index >= 15 is 0 Å². The molecule has 0 bridgehead atoms. The van der Waals surface area contributed by atoms with E-state index in [0.29, 0.717) is 37.2 Å². The zero-order valence-corrected chi connectivity index (χ0v) is 35.3. The number of halogens is 4. The first-order valence-corrected chi connectivity index (χ1v) is 21.1. The fraction of sp³-hybridized carbons (Fsp3) is 0.578. The molecule has 1 aromatic heterocycles. The van der Waals surface area contributed by atoms with E-state index in [0.717, 1.165) is 137 Å². The van der Waals surface area contributed by atoms with Gasteiger partial charge in [0.1, 0.15) is 34.4 Å². The Morgan fingerprint density at radius 2 is 1.23 bits per heavy atom. The molecule has 0 fully saturated rings. The van der Waals surface area contributed by atoms with Crippen molar-refractivity contribution in [3.8, 4) is 34.4 Å². The van der Waals surface area contributed by atoms with Gasteiger partial charge in [-0.3, -0.25) is 0 Å². The first-order chi connectivity index (χ1) is 27.5. The van der Waals surface area contributed by atoms with Gasteiger partial charge in [0.2, 0.25) is 0 Å². The number of nitrogens with zero attached hydrogens (tertiary/aromatic N) is 5. The summed E-state index contributed by atoms with van der Waals surface area (Å²) in [5.74, 6) is 1.15. The molecule has 0 aliphatic rings. The Bertz CT molecular complexity index is 1800. The number of imidazole rings is 1. The lowest BCUT2D eigenvalue weighted by Gasteiger charge is -2.19. The van der Waals surface area contributed by atoms with Gasteiger partial charge in [0.05, 0.1) is 24.3 Å². The van der Waals surface area contributed by atoms with Crippen LogP contribution >= 0.6 is 0 Å². The lowest BCUT2D eigenvalue weighted by Crippen LogP contribution is -2.25. The van der Waals surface area contributed by atoms with Crippen molar-refractivity contribution in [3.63, 3.8) is 0 Å². The minimum atomic E-state index is -4.84. The fourth-order valence-electron chi connectivity index (χ4n) is 7.15. The van der Waals surface area contributed by atoms with Crippen molar-refractivity contribution < 1.29 is 31.8 Å². The molecule has 0 atom stereocenters. The van der Waals surface area contributed by atoms with Gasteiger partial charge in [-0.25, -0.2) is 9.37 Å². The van der Waals surface area contributed by atoms with Crippen LogP contribution in [0.5, 0.6) is 23.0 Å². The van der Waals surface area contributed by atoms with E-state index in [2.05, 4.69) is 73.8 Å². The third kappa shape index (κ3) is 13.1. The Kier molecular flexibility index (Phi) is 18.4. The predicted molar refractivity (Wildman–Crippen MR) is 223 cm³/mol. The Balaban J connectivity index is 1.79. The number of aromatic nitrogens is 2. The molecule has 0 saturated heterocycles. The maximum Gasteiger partial charge on any atom is 0.419 e. The molecule has 57 heavy (non-hydrogen) atoms. The fourth-order valence-corrected chi connectivity index (χ4v) is 7.15. The minimum Gasteiger partial charge on any atom is -0.493 e. The molecule has 0 amide bonds. The maximum absolute atomic E-state index is 14.1. The standard InChI is InChI=1S/C45H65F4N5O3/c1-8-15-27-54-41-32-37(55-28-17-25-52(11-4)12-5)33-42(56-29-18-26-53(13-6)14-7)43(41)50-44(54)38-22-20-35(30-34(38)19-16-24-51(9-2)10-3)57-36-21-23-40(46)39(31-36)45(47,48)49/h20-23,30-33H,8-19,24-29H2,1-7H3. The van der Waals surface area contributed by atoms with E-state index < -0.39 is 17.6 Å². The van der Waals surface area contributed by atoms with Gasteiger partial charge in [-0.15, -0.1) is 0 Å². The molecule has 3 aromatic carbocycles. The largest absolute Gasteiger partial charge is 0.493 e. The second-order valence-electron chi connectivity index (χ2n) is 14.4. The Morgan fingerprint density at radius 3 is 1.82 bits per heavy atom. The van der Waals surface area contributed by atoms with E-state index in [9.17, 15) is 17.6 Å². The normalized spacial score (nSPS) is 12.1. The molecule has 4 aromatic rings. The van der Waals surface area contributed by atoms with Crippen LogP contribution < -0.4 is 14.2 Å². The summed E-state index contributed by atoms with van der Waals surface area (Å²) in [5.41, 5.74) is 2.21. The van der Waals surface area contributed by atoms with Gasteiger partial charge in [0.25, 0.3) is 0 Å². The summed E-state index contributed by atoms with van der Waals surface area (Å²) in [5, 5.41) is 0. The topological polar surface area (TPSA) is 55.2 Å². The first kappa shape index (κ1) is 45.8. The van der Waals surface area contributed by atoms with Crippen LogP contribution in [0.4, 0.5) is 17.6 Å². The van der Waals surface area contributed by atoms with Crippen LogP contribution in [0.3, 0.4) is 0 Å². The summed E-state index contributed by atoms with van der Waals surface area (Å²) in [6, 6.07) is 12.3. The average molecular weight is 800 g/mol. The third-order valence-electron chi connectivity index (χ3n) is 10.7. The van der Waals surface area contributed by atoms with Crippen LogP contribution in [0, 0.1) is 5.82 Å². The molecule has 0 N–H and O–H groups in total. The van der Waals surface area contributed by atoms with Crippen LogP contribution in [0.15, 0.2) is 48.5 Å². The highest BCUT2D eigenvalue weighted by atomic mass is 19.4. The number of unbranched alkanes of at least 4 members (excludes halogenated alkanes) is 1. The molecule has 0 spiro atoms. The molecular weight excluding hydrogens is 735 g/mol. The van der Waals surface area contributed by atoms with Crippen LogP contribution in [0.25, 0.3) is 22.4 Å². The summed E-state index contributed by atoms with van der Waals surface area (Å²) in [6.07, 6.45) is 0.388. The van der Waals surface area contributed by atoms with Crippen molar-refractivity contribution in [1.82, 2.24) is 24.3 Å². The lowest BCUT2D eigenvalue weighted by molar-refractivity contribution is -0.140. The van der Waals surface area contributed by atoms with Crippen molar-refractivity contribution in [2.45, 2.75) is 99.7 Å². The van der Waals surface area contributed by atoms with Gasteiger partial charge in [0.15, 0.2) is 5.75 Å². The third-order valence-corrected chi connectivity index (χ3v) is 10.7. The number of rotatable bonds is 26. The molecule has 0 saturated carbocycles.